The molecule has 1 unspecified atom stereocenters. The van der Waals surface area contributed by atoms with Gasteiger partial charge in [-0.15, -0.1) is 6.58 Å². The van der Waals surface area contributed by atoms with Gasteiger partial charge in [-0.05, 0) is 58.5 Å². The predicted octanol–water partition coefficient (Wildman–Crippen LogP) is 3.97. The number of aliphatic hydroxyl groups excluding tert-OH is 1. The zero-order valence-electron chi connectivity index (χ0n) is 14.7. The molecule has 1 heterocycles. The summed E-state index contributed by atoms with van der Waals surface area (Å²) in [6.45, 7) is 6.73. The van der Waals surface area contributed by atoms with Crippen LogP contribution in [0.3, 0.4) is 0 Å². The summed E-state index contributed by atoms with van der Waals surface area (Å²) in [5, 5.41) is 20.4. The molecule has 4 nitrogen and oxygen atoms in total. The van der Waals surface area contributed by atoms with E-state index in [1.165, 1.54) is 5.56 Å². The average molecular weight is 358 g/mol. The number of aliphatic hydroxyl groups is 1. The van der Waals surface area contributed by atoms with E-state index in [2.05, 4.69) is 41.0 Å². The van der Waals surface area contributed by atoms with Gasteiger partial charge in [0.1, 0.15) is 5.82 Å². The first kappa shape index (κ1) is 19.2. The predicted molar refractivity (Wildman–Crippen MR) is 107 cm³/mol. The summed E-state index contributed by atoms with van der Waals surface area (Å²) in [5.74, 6) is 0.928. The Morgan fingerprint density at radius 3 is 2.60 bits per heavy atom. The van der Waals surface area contributed by atoms with Crippen LogP contribution in [-0.2, 0) is 13.2 Å². The summed E-state index contributed by atoms with van der Waals surface area (Å²) < 4.78 is 0. The van der Waals surface area contributed by atoms with Gasteiger partial charge in [-0.3, -0.25) is 0 Å². The van der Waals surface area contributed by atoms with E-state index in [0.29, 0.717) is 0 Å². The van der Waals surface area contributed by atoms with Gasteiger partial charge in [0.05, 0.1) is 6.61 Å². The number of hydrogen-bond donors (Lipinski definition) is 4. The Morgan fingerprint density at radius 1 is 1.28 bits per heavy atom. The number of anilines is 1. The van der Waals surface area contributed by atoms with Crippen molar-refractivity contribution in [2.24, 2.45) is 5.73 Å². The van der Waals surface area contributed by atoms with Crippen LogP contribution in [0, 0.1) is 0 Å². The van der Waals surface area contributed by atoms with Crippen LogP contribution in [0.5, 0.6) is 0 Å². The first-order valence-corrected chi connectivity index (χ1v) is 9.43. The lowest BCUT2D eigenvalue weighted by Gasteiger charge is -2.22. The number of nitrogens with one attached hydrogen (secondary N) is 2. The van der Waals surface area contributed by atoms with E-state index in [1.54, 1.807) is 11.3 Å². The monoisotopic (exact) mass is 357 g/mol. The molecule has 5 heteroatoms. The highest BCUT2D eigenvalue weighted by Crippen LogP contribution is 2.19. The molecule has 0 fully saturated rings. The van der Waals surface area contributed by atoms with E-state index in [9.17, 15) is 5.11 Å². The van der Waals surface area contributed by atoms with Crippen LogP contribution in [-0.4, -0.2) is 11.1 Å². The maximum absolute atomic E-state index is 9.19. The number of thiophene rings is 1. The van der Waals surface area contributed by atoms with Crippen molar-refractivity contribution in [1.82, 2.24) is 5.32 Å². The summed E-state index contributed by atoms with van der Waals surface area (Å²) in [7, 11) is 0. The summed E-state index contributed by atoms with van der Waals surface area (Å²) in [6, 6.07) is 9.81. The zero-order valence-corrected chi connectivity index (χ0v) is 15.5. The molecule has 0 spiro atoms. The van der Waals surface area contributed by atoms with Crippen LogP contribution < -0.4 is 16.4 Å². The van der Waals surface area contributed by atoms with Gasteiger partial charge in [-0.25, -0.2) is 0 Å². The van der Waals surface area contributed by atoms with E-state index in [4.69, 9.17) is 5.73 Å². The molecule has 5 N–H and O–H groups in total. The molecule has 0 aliphatic rings. The Morgan fingerprint density at radius 2 is 2.04 bits per heavy atom. The highest BCUT2D eigenvalue weighted by molar-refractivity contribution is 7.07. The van der Waals surface area contributed by atoms with Crippen LogP contribution in [0.15, 0.2) is 65.1 Å². The standard InChI is InChI=1S/C20H27N3OS/c1-3-5-18(19(21)4-2)20(22-12-16-10-11-25-14-16)23-17-8-6-15(13-24)7-9-17/h3,6-11,14,19,22-24H,1,4-5,12-13,21H2,2H3/b20-18+. The van der Waals surface area contributed by atoms with Crippen molar-refractivity contribution < 1.29 is 5.11 Å². The summed E-state index contributed by atoms with van der Waals surface area (Å²) in [4.78, 5) is 0. The van der Waals surface area contributed by atoms with E-state index in [-0.39, 0.29) is 12.6 Å². The minimum absolute atomic E-state index is 0.0350. The Bertz CT molecular complexity index is 677. The van der Waals surface area contributed by atoms with Crippen molar-refractivity contribution in [2.45, 2.75) is 39.0 Å². The average Bonchev–Trinajstić information content (AvgIpc) is 3.17. The van der Waals surface area contributed by atoms with E-state index >= 15 is 0 Å². The molecule has 25 heavy (non-hydrogen) atoms. The molecule has 1 aromatic heterocycles. The lowest BCUT2D eigenvalue weighted by Crippen LogP contribution is -2.30. The number of nitrogens with two attached hydrogens (primary N) is 1. The van der Waals surface area contributed by atoms with Crippen molar-refractivity contribution in [1.29, 1.82) is 0 Å². The third-order valence-corrected chi connectivity index (χ3v) is 4.76. The Hall–Kier alpha value is -2.08. The molecule has 1 aromatic carbocycles. The fourth-order valence-electron chi connectivity index (χ4n) is 2.50. The van der Waals surface area contributed by atoms with Gasteiger partial charge in [0.25, 0.3) is 0 Å². The van der Waals surface area contributed by atoms with Crippen molar-refractivity contribution in [3.05, 3.63) is 76.3 Å². The van der Waals surface area contributed by atoms with Crippen LogP contribution in [0.25, 0.3) is 0 Å². The van der Waals surface area contributed by atoms with Crippen LogP contribution in [0.4, 0.5) is 5.69 Å². The highest BCUT2D eigenvalue weighted by atomic mass is 32.1. The van der Waals surface area contributed by atoms with E-state index in [0.717, 1.165) is 42.0 Å². The van der Waals surface area contributed by atoms with Gasteiger partial charge in [0, 0.05) is 18.3 Å². The second kappa shape index (κ2) is 10.0. The van der Waals surface area contributed by atoms with E-state index < -0.39 is 0 Å². The summed E-state index contributed by atoms with van der Waals surface area (Å²) in [6.07, 6.45) is 3.47. The first-order chi connectivity index (χ1) is 12.2. The normalized spacial score (nSPS) is 13.1. The Kier molecular flexibility index (Phi) is 7.73. The molecule has 0 saturated carbocycles. The zero-order chi connectivity index (χ0) is 18.1. The van der Waals surface area contributed by atoms with Crippen molar-refractivity contribution in [2.75, 3.05) is 5.32 Å². The number of benzene rings is 1. The Balaban J connectivity index is 2.26. The number of hydrogen-bond acceptors (Lipinski definition) is 5. The molecule has 0 bridgehead atoms. The first-order valence-electron chi connectivity index (χ1n) is 8.49. The van der Waals surface area contributed by atoms with E-state index in [1.807, 2.05) is 30.3 Å². The molecular formula is C20H27N3OS. The number of allylic oxidation sites excluding steroid dienone is 1. The van der Waals surface area contributed by atoms with Crippen molar-refractivity contribution >= 4 is 17.0 Å². The van der Waals surface area contributed by atoms with Gasteiger partial charge in [0.2, 0.25) is 0 Å². The summed E-state index contributed by atoms with van der Waals surface area (Å²) in [5.41, 5.74) is 10.5. The number of rotatable bonds is 10. The topological polar surface area (TPSA) is 70.3 Å². The van der Waals surface area contributed by atoms with Crippen molar-refractivity contribution in [3.63, 3.8) is 0 Å². The van der Waals surface area contributed by atoms with Crippen LogP contribution in [0.1, 0.15) is 30.9 Å². The molecule has 0 aliphatic carbocycles. The van der Waals surface area contributed by atoms with Gasteiger partial charge in [0.15, 0.2) is 0 Å². The second-order valence-electron chi connectivity index (χ2n) is 5.87. The third-order valence-electron chi connectivity index (χ3n) is 4.03. The fourth-order valence-corrected chi connectivity index (χ4v) is 3.17. The molecule has 134 valence electrons. The SMILES string of the molecule is C=CC/C(=C(/NCc1ccsc1)Nc1ccc(CO)cc1)C(N)CC. The molecule has 0 aliphatic heterocycles. The van der Waals surface area contributed by atoms with Crippen LogP contribution in [0.2, 0.25) is 0 Å². The van der Waals surface area contributed by atoms with Crippen molar-refractivity contribution in [3.8, 4) is 0 Å². The third kappa shape index (κ3) is 5.74. The largest absolute Gasteiger partial charge is 0.392 e. The molecule has 2 rings (SSSR count). The molecule has 0 amide bonds. The second-order valence-corrected chi connectivity index (χ2v) is 6.65. The van der Waals surface area contributed by atoms with Gasteiger partial charge in [-0.1, -0.05) is 25.1 Å². The van der Waals surface area contributed by atoms with Gasteiger partial charge < -0.3 is 21.5 Å². The molecule has 0 saturated heterocycles. The highest BCUT2D eigenvalue weighted by Gasteiger charge is 2.13. The smallest absolute Gasteiger partial charge is 0.104 e. The maximum atomic E-state index is 9.19. The van der Waals surface area contributed by atoms with Gasteiger partial charge >= 0.3 is 0 Å². The molecule has 2 aromatic rings. The molecule has 0 radical (unpaired) electrons. The fraction of sp³-hybridized carbons (Fsp3) is 0.300. The minimum Gasteiger partial charge on any atom is -0.392 e. The lowest BCUT2D eigenvalue weighted by atomic mass is 10.0. The maximum Gasteiger partial charge on any atom is 0.104 e. The minimum atomic E-state index is -0.0350. The quantitative estimate of drug-likeness (QED) is 0.486. The molecular weight excluding hydrogens is 330 g/mol. The summed E-state index contributed by atoms with van der Waals surface area (Å²) >= 11 is 1.69. The Labute approximate surface area is 154 Å². The lowest BCUT2D eigenvalue weighted by molar-refractivity contribution is 0.282. The van der Waals surface area contributed by atoms with Crippen LogP contribution >= 0.6 is 11.3 Å². The van der Waals surface area contributed by atoms with Gasteiger partial charge in [-0.2, -0.15) is 11.3 Å². The molecule has 1 atom stereocenters.